The normalized spacial score (nSPS) is 35.3. The number of aryl methyl sites for hydroxylation is 2. The summed E-state index contributed by atoms with van der Waals surface area (Å²) < 4.78 is 5.32. The van der Waals surface area contributed by atoms with Crippen LogP contribution in [0.3, 0.4) is 0 Å². The summed E-state index contributed by atoms with van der Waals surface area (Å²) in [5, 5.41) is 10.3. The van der Waals surface area contributed by atoms with Crippen molar-refractivity contribution in [1.82, 2.24) is 0 Å². The van der Waals surface area contributed by atoms with Crippen molar-refractivity contribution in [2.24, 2.45) is 17.3 Å². The minimum Gasteiger partial charge on any atom is -0.508 e. The van der Waals surface area contributed by atoms with Crippen LogP contribution in [0, 0.1) is 17.3 Å². The molecule has 2 heteroatoms. The number of ether oxygens (including phenoxy) is 1. The Kier molecular flexibility index (Phi) is 4.43. The van der Waals surface area contributed by atoms with Gasteiger partial charge in [0.1, 0.15) is 5.75 Å². The van der Waals surface area contributed by atoms with Crippen molar-refractivity contribution in [1.29, 1.82) is 0 Å². The Morgan fingerprint density at radius 3 is 2.84 bits per heavy atom. The van der Waals surface area contributed by atoms with Gasteiger partial charge in [0.15, 0.2) is 0 Å². The minimum atomic E-state index is 0.391. The summed E-state index contributed by atoms with van der Waals surface area (Å²) in [5.41, 5.74) is 6.14. The lowest BCUT2D eigenvalue weighted by Crippen LogP contribution is -2.40. The van der Waals surface area contributed by atoms with E-state index in [9.17, 15) is 5.11 Å². The highest BCUT2D eigenvalue weighted by Crippen LogP contribution is 2.62. The molecule has 4 rings (SSSR count). The van der Waals surface area contributed by atoms with Crippen molar-refractivity contribution in [3.63, 3.8) is 0 Å². The average molecular weight is 341 g/mol. The third-order valence-electron chi connectivity index (χ3n) is 7.65. The Bertz CT molecular complexity index is 690. The monoisotopic (exact) mass is 340 g/mol. The fraction of sp³-hybridized carbons (Fsp3) is 0.652. The molecule has 25 heavy (non-hydrogen) atoms. The molecule has 0 spiro atoms. The van der Waals surface area contributed by atoms with Crippen LogP contribution < -0.4 is 0 Å². The lowest BCUT2D eigenvalue weighted by molar-refractivity contribution is 0.0807. The second-order valence-electron chi connectivity index (χ2n) is 8.63. The standard InChI is InChI=1S/C23H32O2/c1-4-15-13-20-16(14-22(15)24)5-7-19-18(20)9-11-23(2)17(10-12-25-3)6-8-21(19)23/h10,13-14,18-19,21,24H,4-9,11-12H2,1-3H3/b17-10+/t18-,19+,21-,23+/m0/s1. The van der Waals surface area contributed by atoms with E-state index in [0.29, 0.717) is 17.1 Å². The second-order valence-corrected chi connectivity index (χ2v) is 8.63. The molecule has 1 N–H and O–H groups in total. The van der Waals surface area contributed by atoms with Gasteiger partial charge >= 0.3 is 0 Å². The van der Waals surface area contributed by atoms with Crippen LogP contribution in [0.5, 0.6) is 5.75 Å². The van der Waals surface area contributed by atoms with Crippen molar-refractivity contribution in [2.75, 3.05) is 13.7 Å². The molecule has 0 saturated heterocycles. The largest absolute Gasteiger partial charge is 0.508 e. The maximum atomic E-state index is 10.3. The molecule has 2 saturated carbocycles. The molecular weight excluding hydrogens is 308 g/mol. The molecule has 1 aromatic rings. The van der Waals surface area contributed by atoms with Crippen LogP contribution in [-0.4, -0.2) is 18.8 Å². The summed E-state index contributed by atoms with van der Waals surface area (Å²) in [7, 11) is 1.79. The quantitative estimate of drug-likeness (QED) is 0.748. The van der Waals surface area contributed by atoms with Crippen LogP contribution in [0.15, 0.2) is 23.8 Å². The highest BCUT2D eigenvalue weighted by atomic mass is 16.5. The number of allylic oxidation sites excluding steroid dienone is 1. The van der Waals surface area contributed by atoms with Crippen molar-refractivity contribution in [3.8, 4) is 5.75 Å². The zero-order valence-electron chi connectivity index (χ0n) is 16.0. The van der Waals surface area contributed by atoms with E-state index in [1.54, 1.807) is 18.2 Å². The molecule has 4 atom stereocenters. The molecule has 0 aliphatic heterocycles. The number of phenolic OH excluding ortho intramolecular Hbond substituents is 1. The molecule has 3 aliphatic rings. The number of aromatic hydroxyl groups is 1. The lowest BCUT2D eigenvalue weighted by atomic mass is 9.55. The van der Waals surface area contributed by atoms with Gasteiger partial charge in [-0.05, 0) is 90.9 Å². The Hall–Kier alpha value is -1.28. The van der Waals surface area contributed by atoms with Gasteiger partial charge in [0.25, 0.3) is 0 Å². The van der Waals surface area contributed by atoms with E-state index in [-0.39, 0.29) is 0 Å². The van der Waals surface area contributed by atoms with Gasteiger partial charge in [0.05, 0.1) is 6.61 Å². The topological polar surface area (TPSA) is 29.5 Å². The summed E-state index contributed by atoms with van der Waals surface area (Å²) in [6.07, 6.45) is 10.9. The van der Waals surface area contributed by atoms with Gasteiger partial charge in [-0.25, -0.2) is 0 Å². The zero-order valence-corrected chi connectivity index (χ0v) is 16.0. The molecule has 0 radical (unpaired) electrons. The highest BCUT2D eigenvalue weighted by Gasteiger charge is 2.52. The van der Waals surface area contributed by atoms with Crippen molar-refractivity contribution >= 4 is 0 Å². The fourth-order valence-corrected chi connectivity index (χ4v) is 6.31. The Labute approximate surface area is 152 Å². The van der Waals surface area contributed by atoms with Gasteiger partial charge in [0.2, 0.25) is 0 Å². The molecule has 2 nitrogen and oxygen atoms in total. The predicted octanol–water partition coefficient (Wildman–Crippen LogP) is 5.38. The molecule has 1 aromatic carbocycles. The molecule has 136 valence electrons. The number of rotatable bonds is 3. The molecule has 0 aromatic heterocycles. The second kappa shape index (κ2) is 6.46. The molecule has 0 amide bonds. The van der Waals surface area contributed by atoms with Crippen molar-refractivity contribution < 1.29 is 9.84 Å². The van der Waals surface area contributed by atoms with Crippen molar-refractivity contribution in [3.05, 3.63) is 40.5 Å². The van der Waals surface area contributed by atoms with Gasteiger partial charge in [-0.3, -0.25) is 0 Å². The first-order valence-electron chi connectivity index (χ1n) is 10.1. The van der Waals surface area contributed by atoms with E-state index in [1.165, 1.54) is 37.7 Å². The number of fused-ring (bicyclic) bond motifs is 5. The van der Waals surface area contributed by atoms with Crippen molar-refractivity contribution in [2.45, 2.75) is 64.7 Å². The van der Waals surface area contributed by atoms with Gasteiger partial charge in [-0.1, -0.05) is 31.6 Å². The number of phenols is 1. The van der Waals surface area contributed by atoms with Crippen LogP contribution in [0.4, 0.5) is 0 Å². The van der Waals surface area contributed by atoms with Crippen LogP contribution in [0.2, 0.25) is 0 Å². The number of methoxy groups -OCH3 is 1. The SMILES string of the molecule is CCc1cc2c(cc1O)CC[C@@H]1[C@@H]2CC[C@]2(C)/C(=C/COC)CC[C@@H]12. The molecule has 0 bridgehead atoms. The number of hydrogen-bond donors (Lipinski definition) is 1. The maximum Gasteiger partial charge on any atom is 0.119 e. The molecule has 2 fully saturated rings. The summed E-state index contributed by atoms with van der Waals surface area (Å²) in [6.45, 7) is 5.42. The van der Waals surface area contributed by atoms with Gasteiger partial charge in [-0.2, -0.15) is 0 Å². The van der Waals surface area contributed by atoms with Crippen LogP contribution in [0.1, 0.15) is 68.6 Å². The summed E-state index contributed by atoms with van der Waals surface area (Å²) in [5.74, 6) is 2.84. The lowest BCUT2D eigenvalue weighted by Gasteiger charge is -2.49. The van der Waals surface area contributed by atoms with Crippen LogP contribution >= 0.6 is 0 Å². The van der Waals surface area contributed by atoms with E-state index in [2.05, 4.69) is 32.1 Å². The summed E-state index contributed by atoms with van der Waals surface area (Å²) in [6, 6.07) is 4.40. The van der Waals surface area contributed by atoms with E-state index < -0.39 is 0 Å². The highest BCUT2D eigenvalue weighted by molar-refractivity contribution is 5.46. The smallest absolute Gasteiger partial charge is 0.119 e. The number of hydrogen-bond acceptors (Lipinski definition) is 2. The van der Waals surface area contributed by atoms with E-state index in [1.807, 2.05) is 0 Å². The number of benzene rings is 1. The molecule has 0 unspecified atom stereocenters. The molecule has 0 heterocycles. The Balaban J connectivity index is 1.66. The van der Waals surface area contributed by atoms with Gasteiger partial charge in [-0.15, -0.1) is 0 Å². The Morgan fingerprint density at radius 2 is 2.08 bits per heavy atom. The molecular formula is C23H32O2. The predicted molar refractivity (Wildman–Crippen MR) is 102 cm³/mol. The first-order valence-corrected chi connectivity index (χ1v) is 10.1. The van der Waals surface area contributed by atoms with Gasteiger partial charge in [0, 0.05) is 7.11 Å². The summed E-state index contributed by atoms with van der Waals surface area (Å²) >= 11 is 0. The average Bonchev–Trinajstić information content (AvgIpc) is 2.95. The maximum absolute atomic E-state index is 10.3. The zero-order chi connectivity index (χ0) is 17.6. The first kappa shape index (κ1) is 17.1. The third-order valence-corrected chi connectivity index (χ3v) is 7.65. The van der Waals surface area contributed by atoms with E-state index in [4.69, 9.17) is 4.74 Å². The Morgan fingerprint density at radius 1 is 1.24 bits per heavy atom. The summed E-state index contributed by atoms with van der Waals surface area (Å²) in [4.78, 5) is 0. The fourth-order valence-electron chi connectivity index (χ4n) is 6.31. The van der Waals surface area contributed by atoms with E-state index in [0.717, 1.165) is 36.8 Å². The van der Waals surface area contributed by atoms with Crippen LogP contribution in [0.25, 0.3) is 0 Å². The van der Waals surface area contributed by atoms with E-state index >= 15 is 0 Å². The first-order chi connectivity index (χ1) is 12.1. The van der Waals surface area contributed by atoms with Crippen LogP contribution in [-0.2, 0) is 17.6 Å². The van der Waals surface area contributed by atoms with Gasteiger partial charge < -0.3 is 9.84 Å². The minimum absolute atomic E-state index is 0.391. The third kappa shape index (κ3) is 2.65. The molecule has 3 aliphatic carbocycles.